The summed E-state index contributed by atoms with van der Waals surface area (Å²) in [5.41, 5.74) is 6.48. The van der Waals surface area contributed by atoms with Gasteiger partial charge < -0.3 is 20.0 Å². The van der Waals surface area contributed by atoms with E-state index in [1.54, 1.807) is 18.3 Å². The number of pyridine rings is 1. The molecule has 0 bridgehead atoms. The van der Waals surface area contributed by atoms with Gasteiger partial charge in [-0.3, -0.25) is 0 Å². The van der Waals surface area contributed by atoms with Crippen molar-refractivity contribution < 1.29 is 18.7 Å². The lowest BCUT2D eigenvalue weighted by Gasteiger charge is -2.06. The van der Waals surface area contributed by atoms with Crippen molar-refractivity contribution in [3.05, 3.63) is 84.3 Å². The minimum absolute atomic E-state index is 0.190. The summed E-state index contributed by atoms with van der Waals surface area (Å²) >= 11 is 0. The number of nitrogens with two attached hydrogens (primary N) is 1. The van der Waals surface area contributed by atoms with Gasteiger partial charge in [0.1, 0.15) is 23.9 Å². The standard InChI is InChI=1S/C20H18FN3O3/c21-16-7-9-17(10-8-16)25-12-13-26-24-20(22)15-6-11-19(23-14-15)27-18-4-2-1-3-5-18/h1-11,14H,12-13H2,(H2,22,24). The van der Waals surface area contributed by atoms with E-state index in [4.69, 9.17) is 20.0 Å². The highest BCUT2D eigenvalue weighted by molar-refractivity contribution is 5.96. The molecular formula is C20H18FN3O3. The second kappa shape index (κ2) is 9.19. The van der Waals surface area contributed by atoms with Crippen LogP contribution in [-0.4, -0.2) is 24.0 Å². The number of ether oxygens (including phenoxy) is 2. The maximum Gasteiger partial charge on any atom is 0.219 e. The molecule has 1 aromatic heterocycles. The largest absolute Gasteiger partial charge is 0.490 e. The lowest BCUT2D eigenvalue weighted by atomic mass is 10.3. The number of aromatic nitrogens is 1. The third-order valence-electron chi connectivity index (χ3n) is 3.42. The van der Waals surface area contributed by atoms with Crippen molar-refractivity contribution in [1.82, 2.24) is 4.98 Å². The molecule has 3 aromatic rings. The zero-order chi connectivity index (χ0) is 18.9. The molecule has 0 radical (unpaired) electrons. The van der Waals surface area contributed by atoms with Crippen LogP contribution in [0.4, 0.5) is 4.39 Å². The Morgan fingerprint density at radius 3 is 2.41 bits per heavy atom. The molecule has 6 nitrogen and oxygen atoms in total. The van der Waals surface area contributed by atoms with Crippen molar-refractivity contribution in [3.63, 3.8) is 0 Å². The van der Waals surface area contributed by atoms with E-state index in [0.29, 0.717) is 22.9 Å². The molecule has 0 saturated carbocycles. The van der Waals surface area contributed by atoms with Crippen LogP contribution in [0.25, 0.3) is 0 Å². The monoisotopic (exact) mass is 367 g/mol. The molecule has 138 valence electrons. The molecule has 3 rings (SSSR count). The molecule has 0 aliphatic heterocycles. The number of halogens is 1. The summed E-state index contributed by atoms with van der Waals surface area (Å²) in [5, 5.41) is 3.83. The van der Waals surface area contributed by atoms with Gasteiger partial charge in [0, 0.05) is 17.8 Å². The second-order valence-electron chi connectivity index (χ2n) is 5.41. The van der Waals surface area contributed by atoms with E-state index in [9.17, 15) is 4.39 Å². The van der Waals surface area contributed by atoms with Crippen LogP contribution >= 0.6 is 0 Å². The fourth-order valence-electron chi connectivity index (χ4n) is 2.10. The normalized spacial score (nSPS) is 11.1. The van der Waals surface area contributed by atoms with Gasteiger partial charge in [-0.1, -0.05) is 23.4 Å². The first-order chi connectivity index (χ1) is 13.2. The Bertz CT molecular complexity index is 869. The lowest BCUT2D eigenvalue weighted by molar-refractivity contribution is 0.107. The maximum atomic E-state index is 12.8. The van der Waals surface area contributed by atoms with Crippen LogP contribution in [0.5, 0.6) is 17.4 Å². The maximum absolute atomic E-state index is 12.8. The van der Waals surface area contributed by atoms with Crippen molar-refractivity contribution in [1.29, 1.82) is 0 Å². The number of hydrogen-bond acceptors (Lipinski definition) is 5. The van der Waals surface area contributed by atoms with Gasteiger partial charge in [0.2, 0.25) is 5.88 Å². The Morgan fingerprint density at radius 2 is 1.70 bits per heavy atom. The third-order valence-corrected chi connectivity index (χ3v) is 3.42. The topological polar surface area (TPSA) is 79.0 Å². The molecule has 0 saturated heterocycles. The van der Waals surface area contributed by atoms with E-state index in [1.807, 2.05) is 30.3 Å². The van der Waals surface area contributed by atoms with Crippen LogP contribution in [0, 0.1) is 5.82 Å². The highest BCUT2D eigenvalue weighted by atomic mass is 19.1. The van der Waals surface area contributed by atoms with Crippen LogP contribution in [0.15, 0.2) is 78.1 Å². The minimum Gasteiger partial charge on any atom is -0.490 e. The van der Waals surface area contributed by atoms with Crippen LogP contribution in [0.2, 0.25) is 0 Å². The first-order valence-corrected chi connectivity index (χ1v) is 8.24. The summed E-state index contributed by atoms with van der Waals surface area (Å²) in [6, 6.07) is 18.5. The number of oxime groups is 1. The molecule has 0 fully saturated rings. The van der Waals surface area contributed by atoms with Crippen LogP contribution in [0.3, 0.4) is 0 Å². The highest BCUT2D eigenvalue weighted by Crippen LogP contribution is 2.18. The van der Waals surface area contributed by atoms with Gasteiger partial charge in [-0.05, 0) is 42.5 Å². The van der Waals surface area contributed by atoms with Gasteiger partial charge in [-0.15, -0.1) is 0 Å². The Kier molecular flexibility index (Phi) is 6.19. The summed E-state index contributed by atoms with van der Waals surface area (Å²) < 4.78 is 23.8. The molecule has 0 aliphatic rings. The quantitative estimate of drug-likeness (QED) is 0.284. The first-order valence-electron chi connectivity index (χ1n) is 8.24. The molecule has 0 unspecified atom stereocenters. The van der Waals surface area contributed by atoms with Gasteiger partial charge in [0.15, 0.2) is 12.4 Å². The van der Waals surface area contributed by atoms with E-state index >= 15 is 0 Å². The molecule has 2 aromatic carbocycles. The van der Waals surface area contributed by atoms with Crippen molar-refractivity contribution >= 4 is 5.84 Å². The summed E-state index contributed by atoms with van der Waals surface area (Å²) in [6.45, 7) is 0.450. The zero-order valence-corrected chi connectivity index (χ0v) is 14.4. The minimum atomic E-state index is -0.315. The van der Waals surface area contributed by atoms with Crippen LogP contribution < -0.4 is 15.2 Å². The van der Waals surface area contributed by atoms with Crippen LogP contribution in [0.1, 0.15) is 5.56 Å². The summed E-state index contributed by atoms with van der Waals surface area (Å²) in [7, 11) is 0. The van der Waals surface area contributed by atoms with Crippen molar-refractivity contribution in [2.45, 2.75) is 0 Å². The average Bonchev–Trinajstić information content (AvgIpc) is 2.70. The van der Waals surface area contributed by atoms with Gasteiger partial charge in [-0.2, -0.15) is 0 Å². The van der Waals surface area contributed by atoms with E-state index < -0.39 is 0 Å². The molecule has 0 spiro atoms. The predicted octanol–water partition coefficient (Wildman–Crippen LogP) is 3.73. The number of rotatable bonds is 8. The van der Waals surface area contributed by atoms with Crippen molar-refractivity contribution in [2.75, 3.05) is 13.2 Å². The number of benzene rings is 2. The molecule has 0 atom stereocenters. The van der Waals surface area contributed by atoms with Crippen molar-refractivity contribution in [2.24, 2.45) is 10.9 Å². The number of nitrogens with zero attached hydrogens (tertiary/aromatic N) is 2. The van der Waals surface area contributed by atoms with E-state index in [0.717, 1.165) is 0 Å². The summed E-state index contributed by atoms with van der Waals surface area (Å²) in [6.07, 6.45) is 1.55. The fraction of sp³-hybridized carbons (Fsp3) is 0.100. The highest BCUT2D eigenvalue weighted by Gasteiger charge is 2.03. The Balaban J connectivity index is 1.45. The molecular weight excluding hydrogens is 349 g/mol. The second-order valence-corrected chi connectivity index (χ2v) is 5.41. The summed E-state index contributed by atoms with van der Waals surface area (Å²) in [5.74, 6) is 1.57. The first kappa shape index (κ1) is 18.2. The van der Waals surface area contributed by atoms with Crippen molar-refractivity contribution in [3.8, 4) is 17.4 Å². The molecule has 0 aliphatic carbocycles. The smallest absolute Gasteiger partial charge is 0.219 e. The summed E-state index contributed by atoms with van der Waals surface area (Å²) in [4.78, 5) is 9.32. The van der Waals surface area contributed by atoms with Gasteiger partial charge in [0.25, 0.3) is 0 Å². The Labute approximate surface area is 156 Å². The number of para-hydroxylation sites is 1. The molecule has 2 N–H and O–H groups in total. The predicted molar refractivity (Wildman–Crippen MR) is 99.3 cm³/mol. The molecule has 27 heavy (non-hydrogen) atoms. The molecule has 1 heterocycles. The Hall–Kier alpha value is -3.61. The Morgan fingerprint density at radius 1 is 0.926 bits per heavy atom. The third kappa shape index (κ3) is 5.71. The van der Waals surface area contributed by atoms with Crippen LogP contribution in [-0.2, 0) is 4.84 Å². The lowest BCUT2D eigenvalue weighted by Crippen LogP contribution is -2.15. The van der Waals surface area contributed by atoms with E-state index in [-0.39, 0.29) is 24.9 Å². The molecule has 0 amide bonds. The van der Waals surface area contributed by atoms with Gasteiger partial charge in [-0.25, -0.2) is 9.37 Å². The van der Waals surface area contributed by atoms with E-state index in [2.05, 4.69) is 10.1 Å². The van der Waals surface area contributed by atoms with Gasteiger partial charge >= 0.3 is 0 Å². The van der Waals surface area contributed by atoms with Gasteiger partial charge in [0.05, 0.1) is 0 Å². The average molecular weight is 367 g/mol. The fourth-order valence-corrected chi connectivity index (χ4v) is 2.10. The SMILES string of the molecule is N/C(=N\OCCOc1ccc(F)cc1)c1ccc(Oc2ccccc2)nc1. The zero-order valence-electron chi connectivity index (χ0n) is 14.4. The number of hydrogen-bond donors (Lipinski definition) is 1. The molecule has 7 heteroatoms. The number of amidine groups is 1. The van der Waals surface area contributed by atoms with E-state index in [1.165, 1.54) is 24.3 Å².